The Morgan fingerprint density at radius 2 is 2.00 bits per heavy atom. The highest BCUT2D eigenvalue weighted by atomic mass is 79.9. The molecule has 0 aliphatic carbocycles. The molecule has 92 valence electrons. The average Bonchev–Trinajstić information content (AvgIpc) is 2.39. The van der Waals surface area contributed by atoms with Crippen molar-refractivity contribution in [1.29, 1.82) is 0 Å². The van der Waals surface area contributed by atoms with E-state index >= 15 is 0 Å². The summed E-state index contributed by atoms with van der Waals surface area (Å²) in [5, 5.41) is 0. The van der Waals surface area contributed by atoms with E-state index < -0.39 is 0 Å². The molecular weight excluding hydrogens is 282 g/mol. The fraction of sp³-hybridized carbons (Fsp3) is 0.462. The minimum atomic E-state index is 0.0930. The molecule has 0 spiro atoms. The standard InChI is InChI=1S/C13H16BrNO2/c1-17-11-7-5-6-10(12(11)14)13(16)15-8-3-2-4-9-15/h5-7H,2-4,8-9H2,1H3. The molecule has 0 N–H and O–H groups in total. The van der Waals surface area contributed by atoms with Crippen LogP contribution in [0.5, 0.6) is 5.75 Å². The summed E-state index contributed by atoms with van der Waals surface area (Å²) in [6, 6.07) is 5.53. The molecule has 1 amide bonds. The number of carbonyl (C=O) groups is 1. The van der Waals surface area contributed by atoms with Gasteiger partial charge in [0.2, 0.25) is 0 Å². The maximum atomic E-state index is 12.3. The molecule has 3 nitrogen and oxygen atoms in total. The maximum Gasteiger partial charge on any atom is 0.255 e. The first kappa shape index (κ1) is 12.4. The lowest BCUT2D eigenvalue weighted by atomic mass is 10.1. The number of hydrogen-bond acceptors (Lipinski definition) is 2. The molecule has 17 heavy (non-hydrogen) atoms. The first-order valence-electron chi connectivity index (χ1n) is 5.86. The Labute approximate surface area is 110 Å². The molecule has 1 aromatic rings. The molecular formula is C13H16BrNO2. The Morgan fingerprint density at radius 1 is 1.29 bits per heavy atom. The van der Waals surface area contributed by atoms with E-state index in [4.69, 9.17) is 4.74 Å². The summed E-state index contributed by atoms with van der Waals surface area (Å²) in [5.41, 5.74) is 0.686. The van der Waals surface area contributed by atoms with E-state index in [0.29, 0.717) is 11.3 Å². The molecule has 1 saturated heterocycles. The first-order valence-corrected chi connectivity index (χ1v) is 6.65. The van der Waals surface area contributed by atoms with Crippen LogP contribution in [0.2, 0.25) is 0 Å². The Balaban J connectivity index is 2.23. The number of halogens is 1. The number of likely N-dealkylation sites (tertiary alicyclic amines) is 1. The fourth-order valence-electron chi connectivity index (χ4n) is 2.10. The molecule has 1 fully saturated rings. The molecule has 0 saturated carbocycles. The topological polar surface area (TPSA) is 29.5 Å². The monoisotopic (exact) mass is 297 g/mol. The Kier molecular flexibility index (Phi) is 4.05. The van der Waals surface area contributed by atoms with Gasteiger partial charge in [-0.15, -0.1) is 0 Å². The smallest absolute Gasteiger partial charge is 0.255 e. The molecule has 4 heteroatoms. The van der Waals surface area contributed by atoms with E-state index in [2.05, 4.69) is 15.9 Å². The summed E-state index contributed by atoms with van der Waals surface area (Å²) in [6.45, 7) is 1.73. The zero-order valence-electron chi connectivity index (χ0n) is 9.91. The zero-order valence-corrected chi connectivity index (χ0v) is 11.5. The van der Waals surface area contributed by atoms with Crippen LogP contribution < -0.4 is 4.74 Å². The predicted molar refractivity (Wildman–Crippen MR) is 70.4 cm³/mol. The van der Waals surface area contributed by atoms with Gasteiger partial charge < -0.3 is 9.64 Å². The van der Waals surface area contributed by atoms with Gasteiger partial charge in [0.15, 0.2) is 0 Å². The van der Waals surface area contributed by atoms with Gasteiger partial charge in [-0.1, -0.05) is 6.07 Å². The molecule has 1 aliphatic heterocycles. The van der Waals surface area contributed by atoms with Crippen LogP contribution in [0.4, 0.5) is 0 Å². The lowest BCUT2D eigenvalue weighted by Crippen LogP contribution is -2.35. The molecule has 0 radical (unpaired) electrons. The average molecular weight is 298 g/mol. The molecule has 0 bridgehead atoms. The number of hydrogen-bond donors (Lipinski definition) is 0. The number of nitrogens with zero attached hydrogens (tertiary/aromatic N) is 1. The molecule has 0 aromatic heterocycles. The van der Waals surface area contributed by atoms with Crippen molar-refractivity contribution in [3.8, 4) is 5.75 Å². The Hall–Kier alpha value is -1.03. The minimum Gasteiger partial charge on any atom is -0.496 e. The van der Waals surface area contributed by atoms with Crippen LogP contribution in [0, 0.1) is 0 Å². The van der Waals surface area contributed by atoms with Crippen LogP contribution in [-0.4, -0.2) is 31.0 Å². The third-order valence-corrected chi connectivity index (χ3v) is 3.87. The Morgan fingerprint density at radius 3 is 2.65 bits per heavy atom. The van der Waals surface area contributed by atoms with Crippen molar-refractivity contribution in [3.63, 3.8) is 0 Å². The van der Waals surface area contributed by atoms with Crippen molar-refractivity contribution in [2.45, 2.75) is 19.3 Å². The number of methoxy groups -OCH3 is 1. The van der Waals surface area contributed by atoms with Crippen molar-refractivity contribution in [2.75, 3.05) is 20.2 Å². The second-order valence-corrected chi connectivity index (χ2v) is 4.97. The summed E-state index contributed by atoms with van der Waals surface area (Å²) in [4.78, 5) is 14.2. The van der Waals surface area contributed by atoms with Crippen LogP contribution in [0.1, 0.15) is 29.6 Å². The van der Waals surface area contributed by atoms with Crippen molar-refractivity contribution in [2.24, 2.45) is 0 Å². The van der Waals surface area contributed by atoms with Crippen molar-refractivity contribution in [3.05, 3.63) is 28.2 Å². The maximum absolute atomic E-state index is 12.3. The summed E-state index contributed by atoms with van der Waals surface area (Å²) < 4.78 is 5.95. The van der Waals surface area contributed by atoms with E-state index in [0.717, 1.165) is 30.4 Å². The molecule has 1 aliphatic rings. The van der Waals surface area contributed by atoms with Crippen molar-refractivity contribution in [1.82, 2.24) is 4.90 Å². The van der Waals surface area contributed by atoms with Crippen molar-refractivity contribution >= 4 is 21.8 Å². The van der Waals surface area contributed by atoms with E-state index in [-0.39, 0.29) is 5.91 Å². The number of benzene rings is 1. The zero-order chi connectivity index (χ0) is 12.3. The third-order valence-electron chi connectivity index (χ3n) is 3.06. The van der Waals surface area contributed by atoms with Crippen LogP contribution in [-0.2, 0) is 0 Å². The van der Waals surface area contributed by atoms with E-state index in [9.17, 15) is 4.79 Å². The number of carbonyl (C=O) groups excluding carboxylic acids is 1. The van der Waals surface area contributed by atoms with Gasteiger partial charge in [0.25, 0.3) is 5.91 Å². The molecule has 1 heterocycles. The minimum absolute atomic E-state index is 0.0930. The second kappa shape index (κ2) is 5.54. The molecule has 0 atom stereocenters. The van der Waals surface area contributed by atoms with Crippen LogP contribution in [0.3, 0.4) is 0 Å². The lowest BCUT2D eigenvalue weighted by molar-refractivity contribution is 0.0723. The number of ether oxygens (including phenoxy) is 1. The normalized spacial score (nSPS) is 15.8. The lowest BCUT2D eigenvalue weighted by Gasteiger charge is -2.27. The van der Waals surface area contributed by atoms with Gasteiger partial charge in [-0.25, -0.2) is 0 Å². The summed E-state index contributed by atoms with van der Waals surface area (Å²) in [6.07, 6.45) is 3.43. The van der Waals surface area contributed by atoms with Gasteiger partial charge in [0.1, 0.15) is 5.75 Å². The second-order valence-electron chi connectivity index (χ2n) is 4.17. The van der Waals surface area contributed by atoms with Gasteiger partial charge in [-0.3, -0.25) is 4.79 Å². The van der Waals surface area contributed by atoms with Gasteiger partial charge in [-0.2, -0.15) is 0 Å². The number of rotatable bonds is 2. The number of piperidine rings is 1. The first-order chi connectivity index (χ1) is 8.24. The highest BCUT2D eigenvalue weighted by molar-refractivity contribution is 9.10. The van der Waals surface area contributed by atoms with E-state index in [1.165, 1.54) is 6.42 Å². The van der Waals surface area contributed by atoms with E-state index in [1.807, 2.05) is 23.1 Å². The Bertz CT molecular complexity index is 414. The van der Waals surface area contributed by atoms with Crippen molar-refractivity contribution < 1.29 is 9.53 Å². The largest absolute Gasteiger partial charge is 0.496 e. The highest BCUT2D eigenvalue weighted by Gasteiger charge is 2.21. The molecule has 2 rings (SSSR count). The number of amides is 1. The fourth-order valence-corrected chi connectivity index (χ4v) is 2.70. The quantitative estimate of drug-likeness (QED) is 0.839. The molecule has 0 unspecified atom stereocenters. The van der Waals surface area contributed by atoms with Crippen LogP contribution in [0.15, 0.2) is 22.7 Å². The van der Waals surface area contributed by atoms with E-state index in [1.54, 1.807) is 7.11 Å². The van der Waals surface area contributed by atoms with Gasteiger partial charge >= 0.3 is 0 Å². The summed E-state index contributed by atoms with van der Waals surface area (Å²) in [5.74, 6) is 0.795. The van der Waals surface area contributed by atoms with Gasteiger partial charge in [0, 0.05) is 13.1 Å². The predicted octanol–water partition coefficient (Wildman–Crippen LogP) is 3.08. The van der Waals surface area contributed by atoms with Gasteiger partial charge in [-0.05, 0) is 47.3 Å². The van der Waals surface area contributed by atoms with Crippen LogP contribution in [0.25, 0.3) is 0 Å². The third kappa shape index (κ3) is 2.63. The summed E-state index contributed by atoms with van der Waals surface area (Å²) in [7, 11) is 1.61. The molecule has 1 aromatic carbocycles. The van der Waals surface area contributed by atoms with Gasteiger partial charge in [0.05, 0.1) is 17.1 Å². The summed E-state index contributed by atoms with van der Waals surface area (Å²) >= 11 is 3.44. The highest BCUT2D eigenvalue weighted by Crippen LogP contribution is 2.29. The van der Waals surface area contributed by atoms with Crippen LogP contribution >= 0.6 is 15.9 Å². The SMILES string of the molecule is COc1cccc(C(=O)N2CCCCC2)c1Br.